The van der Waals surface area contributed by atoms with E-state index in [0.29, 0.717) is 5.95 Å². The van der Waals surface area contributed by atoms with Crippen LogP contribution in [0.4, 0.5) is 11.9 Å². The topological polar surface area (TPSA) is 81.1 Å². The SMILES string of the molecule is CCCNc1nc(N)nc2cc(C)nn12. The Balaban J connectivity index is 2.50. The van der Waals surface area contributed by atoms with Crippen molar-refractivity contribution in [2.45, 2.75) is 20.3 Å². The maximum Gasteiger partial charge on any atom is 0.229 e. The largest absolute Gasteiger partial charge is 0.368 e. The van der Waals surface area contributed by atoms with Crippen molar-refractivity contribution in [3.63, 3.8) is 0 Å². The first kappa shape index (κ1) is 9.70. The molecule has 0 aliphatic rings. The monoisotopic (exact) mass is 206 g/mol. The minimum absolute atomic E-state index is 0.265. The molecule has 6 nitrogen and oxygen atoms in total. The van der Waals surface area contributed by atoms with Gasteiger partial charge >= 0.3 is 0 Å². The van der Waals surface area contributed by atoms with Gasteiger partial charge in [-0.15, -0.1) is 0 Å². The summed E-state index contributed by atoms with van der Waals surface area (Å²) in [6.45, 7) is 4.84. The highest BCUT2D eigenvalue weighted by Gasteiger charge is 2.06. The van der Waals surface area contributed by atoms with E-state index in [1.54, 1.807) is 4.52 Å². The minimum atomic E-state index is 0.265. The number of hydrogen-bond donors (Lipinski definition) is 2. The van der Waals surface area contributed by atoms with Gasteiger partial charge in [0.25, 0.3) is 0 Å². The van der Waals surface area contributed by atoms with Crippen LogP contribution in [-0.4, -0.2) is 26.1 Å². The number of nitrogen functional groups attached to an aromatic ring is 1. The maximum absolute atomic E-state index is 5.60. The third-order valence-electron chi connectivity index (χ3n) is 2.00. The lowest BCUT2D eigenvalue weighted by atomic mass is 10.5. The second kappa shape index (κ2) is 3.72. The van der Waals surface area contributed by atoms with Crippen LogP contribution >= 0.6 is 0 Å². The van der Waals surface area contributed by atoms with Gasteiger partial charge in [-0.2, -0.15) is 19.6 Å². The first-order valence-corrected chi connectivity index (χ1v) is 4.94. The molecule has 3 N–H and O–H groups in total. The Morgan fingerprint density at radius 2 is 2.27 bits per heavy atom. The molecular weight excluding hydrogens is 192 g/mol. The zero-order chi connectivity index (χ0) is 10.8. The number of rotatable bonds is 3. The first-order valence-electron chi connectivity index (χ1n) is 4.94. The van der Waals surface area contributed by atoms with Gasteiger partial charge < -0.3 is 11.1 Å². The molecule has 0 fully saturated rings. The van der Waals surface area contributed by atoms with Crippen molar-refractivity contribution in [2.75, 3.05) is 17.6 Å². The lowest BCUT2D eigenvalue weighted by Crippen LogP contribution is -2.11. The minimum Gasteiger partial charge on any atom is -0.368 e. The smallest absolute Gasteiger partial charge is 0.229 e. The molecule has 0 spiro atoms. The second-order valence-corrected chi connectivity index (χ2v) is 3.39. The van der Waals surface area contributed by atoms with Crippen molar-refractivity contribution in [3.8, 4) is 0 Å². The fraction of sp³-hybridized carbons (Fsp3) is 0.444. The molecule has 0 aliphatic heterocycles. The van der Waals surface area contributed by atoms with Crippen LogP contribution in [0, 0.1) is 6.92 Å². The molecule has 80 valence electrons. The molecule has 0 unspecified atom stereocenters. The van der Waals surface area contributed by atoms with Gasteiger partial charge in [-0.25, -0.2) is 0 Å². The number of anilines is 2. The van der Waals surface area contributed by atoms with Gasteiger partial charge in [-0.3, -0.25) is 0 Å². The molecule has 2 aromatic rings. The summed E-state index contributed by atoms with van der Waals surface area (Å²) in [6, 6.07) is 1.87. The fourth-order valence-corrected chi connectivity index (χ4v) is 1.37. The number of nitrogens with one attached hydrogen (secondary N) is 1. The number of fused-ring (bicyclic) bond motifs is 1. The summed E-state index contributed by atoms with van der Waals surface area (Å²) in [5.74, 6) is 0.911. The highest BCUT2D eigenvalue weighted by molar-refractivity contribution is 5.48. The van der Waals surface area contributed by atoms with Crippen LogP contribution < -0.4 is 11.1 Å². The molecule has 0 saturated heterocycles. The number of aryl methyl sites for hydroxylation is 1. The van der Waals surface area contributed by atoms with Crippen molar-refractivity contribution in [3.05, 3.63) is 11.8 Å². The molecule has 0 aromatic carbocycles. The number of aromatic nitrogens is 4. The summed E-state index contributed by atoms with van der Waals surface area (Å²) in [5, 5.41) is 7.44. The third kappa shape index (κ3) is 1.83. The van der Waals surface area contributed by atoms with Gasteiger partial charge in [0.1, 0.15) is 0 Å². The van der Waals surface area contributed by atoms with Crippen molar-refractivity contribution >= 4 is 17.5 Å². The first-order chi connectivity index (χ1) is 7.20. The zero-order valence-electron chi connectivity index (χ0n) is 8.86. The van der Waals surface area contributed by atoms with E-state index in [9.17, 15) is 0 Å². The summed E-state index contributed by atoms with van der Waals surface area (Å²) >= 11 is 0. The number of nitrogens with zero attached hydrogens (tertiary/aromatic N) is 4. The van der Waals surface area contributed by atoms with E-state index in [2.05, 4.69) is 27.3 Å². The van der Waals surface area contributed by atoms with Gasteiger partial charge in [-0.05, 0) is 13.3 Å². The van der Waals surface area contributed by atoms with Crippen molar-refractivity contribution in [2.24, 2.45) is 0 Å². The quantitative estimate of drug-likeness (QED) is 0.777. The normalized spacial score (nSPS) is 10.8. The van der Waals surface area contributed by atoms with Gasteiger partial charge in [0.2, 0.25) is 11.9 Å². The molecular formula is C9H14N6. The van der Waals surface area contributed by atoms with Crippen LogP contribution in [0.3, 0.4) is 0 Å². The summed E-state index contributed by atoms with van der Waals surface area (Å²) in [6.07, 6.45) is 1.02. The van der Waals surface area contributed by atoms with Crippen LogP contribution in [0.1, 0.15) is 19.0 Å². The molecule has 6 heteroatoms. The molecule has 15 heavy (non-hydrogen) atoms. The second-order valence-electron chi connectivity index (χ2n) is 3.39. The molecule has 0 atom stereocenters. The van der Waals surface area contributed by atoms with Crippen LogP contribution in [0.2, 0.25) is 0 Å². The maximum atomic E-state index is 5.60. The molecule has 0 aliphatic carbocycles. The Labute approximate surface area is 87.5 Å². The van der Waals surface area contributed by atoms with E-state index < -0.39 is 0 Å². The van der Waals surface area contributed by atoms with E-state index in [4.69, 9.17) is 5.73 Å². The predicted octanol–water partition coefficient (Wildman–Crippen LogP) is 0.837. The van der Waals surface area contributed by atoms with E-state index in [1.807, 2.05) is 13.0 Å². The number of hydrogen-bond acceptors (Lipinski definition) is 5. The molecule has 0 bridgehead atoms. The van der Waals surface area contributed by atoms with E-state index in [0.717, 1.165) is 24.3 Å². The van der Waals surface area contributed by atoms with E-state index in [-0.39, 0.29) is 5.95 Å². The summed E-state index contributed by atoms with van der Waals surface area (Å²) in [5.41, 5.74) is 7.22. The van der Waals surface area contributed by atoms with E-state index >= 15 is 0 Å². The Bertz CT molecular complexity index is 475. The van der Waals surface area contributed by atoms with E-state index in [1.165, 1.54) is 0 Å². The van der Waals surface area contributed by atoms with Gasteiger partial charge in [0.15, 0.2) is 5.65 Å². The highest BCUT2D eigenvalue weighted by Crippen LogP contribution is 2.10. The van der Waals surface area contributed by atoms with Crippen LogP contribution in [0.25, 0.3) is 5.65 Å². The fourth-order valence-electron chi connectivity index (χ4n) is 1.37. The van der Waals surface area contributed by atoms with Crippen molar-refractivity contribution in [1.82, 2.24) is 19.6 Å². The van der Waals surface area contributed by atoms with Gasteiger partial charge in [0.05, 0.1) is 5.69 Å². The lowest BCUT2D eigenvalue weighted by molar-refractivity contribution is 0.859. The predicted molar refractivity (Wildman–Crippen MR) is 58.7 cm³/mol. The zero-order valence-corrected chi connectivity index (χ0v) is 8.86. The van der Waals surface area contributed by atoms with Crippen LogP contribution in [-0.2, 0) is 0 Å². The highest BCUT2D eigenvalue weighted by atomic mass is 15.4. The van der Waals surface area contributed by atoms with Crippen LogP contribution in [0.5, 0.6) is 0 Å². The summed E-state index contributed by atoms with van der Waals surface area (Å²) in [7, 11) is 0. The molecule has 0 amide bonds. The Hall–Kier alpha value is -1.85. The Kier molecular flexibility index (Phi) is 2.40. The summed E-state index contributed by atoms with van der Waals surface area (Å²) in [4.78, 5) is 8.20. The molecule has 0 radical (unpaired) electrons. The Morgan fingerprint density at radius 1 is 1.47 bits per heavy atom. The van der Waals surface area contributed by atoms with Gasteiger partial charge in [0, 0.05) is 12.6 Å². The molecule has 2 aromatic heterocycles. The standard InChI is InChI=1S/C9H14N6/c1-3-4-11-9-13-8(10)12-7-5-6(2)14-15(7)9/h5H,3-4H2,1-2H3,(H3,10,11,12,13). The third-order valence-corrected chi connectivity index (χ3v) is 2.00. The van der Waals surface area contributed by atoms with Crippen molar-refractivity contribution < 1.29 is 0 Å². The number of nitrogens with two attached hydrogens (primary N) is 1. The Morgan fingerprint density at radius 3 is 3.00 bits per heavy atom. The lowest BCUT2D eigenvalue weighted by Gasteiger charge is -2.05. The van der Waals surface area contributed by atoms with Gasteiger partial charge in [-0.1, -0.05) is 6.92 Å². The average molecular weight is 206 g/mol. The molecule has 2 heterocycles. The summed E-state index contributed by atoms with van der Waals surface area (Å²) < 4.78 is 1.67. The average Bonchev–Trinajstić information content (AvgIpc) is 2.54. The molecule has 2 rings (SSSR count). The van der Waals surface area contributed by atoms with Crippen molar-refractivity contribution in [1.29, 1.82) is 0 Å². The molecule has 0 saturated carbocycles. The van der Waals surface area contributed by atoms with Crippen LogP contribution in [0.15, 0.2) is 6.07 Å².